The lowest BCUT2D eigenvalue weighted by molar-refractivity contribution is 0.0697. The van der Waals surface area contributed by atoms with Crippen LogP contribution in [0.15, 0.2) is 72.8 Å². The van der Waals surface area contributed by atoms with Crippen LogP contribution in [-0.2, 0) is 6.54 Å². The zero-order valence-corrected chi connectivity index (χ0v) is 16.3. The van der Waals surface area contributed by atoms with Crippen LogP contribution in [-0.4, -0.2) is 28.2 Å². The van der Waals surface area contributed by atoms with Gasteiger partial charge in [-0.15, -0.1) is 0 Å². The van der Waals surface area contributed by atoms with Gasteiger partial charge in [-0.3, -0.25) is 0 Å². The summed E-state index contributed by atoms with van der Waals surface area (Å²) in [7, 11) is 1.65. The van der Waals surface area contributed by atoms with Gasteiger partial charge in [0.25, 0.3) is 0 Å². The predicted octanol–water partition coefficient (Wildman–Crippen LogP) is 4.69. The fourth-order valence-electron chi connectivity index (χ4n) is 3.15. The molecular formula is C23H20N4O3. The minimum absolute atomic E-state index is 0.190. The molecule has 0 atom stereocenters. The van der Waals surface area contributed by atoms with Crippen molar-refractivity contribution in [3.05, 3.63) is 83.9 Å². The van der Waals surface area contributed by atoms with E-state index in [2.05, 4.69) is 20.6 Å². The molecule has 0 spiro atoms. The van der Waals surface area contributed by atoms with Gasteiger partial charge >= 0.3 is 5.97 Å². The van der Waals surface area contributed by atoms with Crippen LogP contribution in [0.5, 0.6) is 5.75 Å². The quantitative estimate of drug-likeness (QED) is 0.414. The summed E-state index contributed by atoms with van der Waals surface area (Å²) in [4.78, 5) is 20.4. The van der Waals surface area contributed by atoms with Crippen LogP contribution in [0.3, 0.4) is 0 Å². The highest BCUT2D eigenvalue weighted by Crippen LogP contribution is 2.25. The van der Waals surface area contributed by atoms with Crippen LogP contribution in [0.2, 0.25) is 0 Å². The highest BCUT2D eigenvalue weighted by molar-refractivity contribution is 5.91. The summed E-state index contributed by atoms with van der Waals surface area (Å²) in [5.74, 6) is 0.853. The molecule has 1 heterocycles. The number of hydrogen-bond acceptors (Lipinski definition) is 6. The van der Waals surface area contributed by atoms with Crippen LogP contribution in [0.4, 0.5) is 17.5 Å². The van der Waals surface area contributed by atoms with E-state index in [9.17, 15) is 9.90 Å². The van der Waals surface area contributed by atoms with Gasteiger partial charge < -0.3 is 20.5 Å². The van der Waals surface area contributed by atoms with Gasteiger partial charge in [-0.25, -0.2) is 9.78 Å². The number of fused-ring (bicyclic) bond motifs is 1. The molecule has 7 nitrogen and oxygen atoms in total. The van der Waals surface area contributed by atoms with Gasteiger partial charge in [-0.05, 0) is 36.4 Å². The lowest BCUT2D eigenvalue weighted by Crippen LogP contribution is -2.07. The van der Waals surface area contributed by atoms with E-state index in [0.29, 0.717) is 24.0 Å². The molecule has 30 heavy (non-hydrogen) atoms. The smallest absolute Gasteiger partial charge is 0.335 e. The number of methoxy groups -OCH3 is 1. The standard InChI is InChI=1S/C23H20N4O3/c1-30-20-12-5-2-7-16(20)14-24-21-18-10-3-4-11-19(18)26-23(27-21)25-17-9-6-8-15(13-17)22(28)29/h2-13H,14H2,1H3,(H,28,29)(H2,24,25,26,27). The zero-order chi connectivity index (χ0) is 20.9. The number of aromatic carboxylic acids is 1. The molecular weight excluding hydrogens is 380 g/mol. The number of rotatable bonds is 7. The van der Waals surface area contributed by atoms with Gasteiger partial charge in [0, 0.05) is 23.2 Å². The third-order valence-corrected chi connectivity index (χ3v) is 4.61. The van der Waals surface area contributed by atoms with Crippen LogP contribution in [0, 0.1) is 0 Å². The van der Waals surface area contributed by atoms with E-state index in [0.717, 1.165) is 22.2 Å². The number of carbonyl (C=O) groups is 1. The number of benzene rings is 3. The van der Waals surface area contributed by atoms with Crippen LogP contribution in [0.1, 0.15) is 15.9 Å². The number of ether oxygens (including phenoxy) is 1. The van der Waals surface area contributed by atoms with Crippen molar-refractivity contribution in [1.29, 1.82) is 0 Å². The van der Waals surface area contributed by atoms with Gasteiger partial charge in [0.2, 0.25) is 5.95 Å². The second-order valence-corrected chi connectivity index (χ2v) is 6.59. The topological polar surface area (TPSA) is 96.4 Å². The Bertz CT molecular complexity index is 1210. The summed E-state index contributed by atoms with van der Waals surface area (Å²) in [6, 6.07) is 22.0. The lowest BCUT2D eigenvalue weighted by Gasteiger charge is -2.13. The van der Waals surface area contributed by atoms with E-state index in [1.54, 1.807) is 25.3 Å². The highest BCUT2D eigenvalue weighted by atomic mass is 16.5. The molecule has 150 valence electrons. The van der Waals surface area contributed by atoms with E-state index in [1.807, 2.05) is 48.5 Å². The third-order valence-electron chi connectivity index (χ3n) is 4.61. The molecule has 3 N–H and O–H groups in total. The Balaban J connectivity index is 1.66. The minimum atomic E-state index is -0.989. The van der Waals surface area contributed by atoms with Crippen molar-refractivity contribution in [3.63, 3.8) is 0 Å². The highest BCUT2D eigenvalue weighted by Gasteiger charge is 2.10. The summed E-state index contributed by atoms with van der Waals surface area (Å²) in [5.41, 5.74) is 2.56. The largest absolute Gasteiger partial charge is 0.496 e. The van der Waals surface area contributed by atoms with Crippen LogP contribution < -0.4 is 15.4 Å². The van der Waals surface area contributed by atoms with Crippen molar-refractivity contribution in [2.75, 3.05) is 17.7 Å². The first-order chi connectivity index (χ1) is 14.6. The second kappa shape index (κ2) is 8.48. The molecule has 0 saturated carbocycles. The van der Waals surface area contributed by atoms with E-state index < -0.39 is 5.97 Å². The first-order valence-corrected chi connectivity index (χ1v) is 9.37. The van der Waals surface area contributed by atoms with E-state index in [-0.39, 0.29) is 5.56 Å². The number of carboxylic acid groups (broad SMARTS) is 1. The first kappa shape index (κ1) is 19.2. The van der Waals surface area contributed by atoms with Crippen molar-refractivity contribution in [2.45, 2.75) is 6.54 Å². The Hall–Kier alpha value is -4.13. The van der Waals surface area contributed by atoms with Crippen molar-refractivity contribution < 1.29 is 14.6 Å². The third kappa shape index (κ3) is 4.15. The summed E-state index contributed by atoms with van der Waals surface area (Å²) < 4.78 is 5.42. The van der Waals surface area contributed by atoms with Gasteiger partial charge in [0.05, 0.1) is 18.2 Å². The van der Waals surface area contributed by atoms with Crippen molar-refractivity contribution >= 4 is 34.3 Å². The van der Waals surface area contributed by atoms with Crippen LogP contribution in [0.25, 0.3) is 10.9 Å². The molecule has 0 aliphatic rings. The average molecular weight is 400 g/mol. The lowest BCUT2D eigenvalue weighted by atomic mass is 10.2. The maximum Gasteiger partial charge on any atom is 0.335 e. The Morgan fingerprint density at radius 3 is 2.63 bits per heavy atom. The molecule has 0 amide bonds. The number of nitrogens with one attached hydrogen (secondary N) is 2. The fourth-order valence-corrected chi connectivity index (χ4v) is 3.15. The molecule has 0 fully saturated rings. The van der Waals surface area contributed by atoms with Gasteiger partial charge in [-0.2, -0.15) is 4.98 Å². The molecule has 0 bridgehead atoms. The summed E-state index contributed by atoms with van der Waals surface area (Å²) in [5, 5.41) is 16.6. The number of nitrogens with zero attached hydrogens (tertiary/aromatic N) is 2. The predicted molar refractivity (Wildman–Crippen MR) is 117 cm³/mol. The molecule has 0 aliphatic heterocycles. The van der Waals surface area contributed by atoms with Crippen molar-refractivity contribution in [3.8, 4) is 5.75 Å². The fraction of sp³-hybridized carbons (Fsp3) is 0.0870. The molecule has 4 rings (SSSR count). The van der Waals surface area contributed by atoms with Gasteiger partial charge in [0.15, 0.2) is 0 Å². The van der Waals surface area contributed by atoms with Gasteiger partial charge in [0.1, 0.15) is 11.6 Å². The van der Waals surface area contributed by atoms with Crippen LogP contribution >= 0.6 is 0 Å². The average Bonchev–Trinajstić information content (AvgIpc) is 2.77. The molecule has 1 aromatic heterocycles. The molecule has 0 aliphatic carbocycles. The maximum atomic E-state index is 11.2. The molecule has 0 unspecified atom stereocenters. The first-order valence-electron chi connectivity index (χ1n) is 9.37. The number of aromatic nitrogens is 2. The molecule has 3 aromatic carbocycles. The minimum Gasteiger partial charge on any atom is -0.496 e. The normalized spacial score (nSPS) is 10.6. The number of anilines is 3. The number of hydrogen-bond donors (Lipinski definition) is 3. The van der Waals surface area contributed by atoms with Crippen molar-refractivity contribution in [2.24, 2.45) is 0 Å². The zero-order valence-electron chi connectivity index (χ0n) is 16.3. The van der Waals surface area contributed by atoms with E-state index >= 15 is 0 Å². The summed E-state index contributed by atoms with van der Waals surface area (Å²) in [6.07, 6.45) is 0. The Morgan fingerprint density at radius 1 is 1.00 bits per heavy atom. The van der Waals surface area contributed by atoms with Crippen molar-refractivity contribution in [1.82, 2.24) is 9.97 Å². The monoisotopic (exact) mass is 400 g/mol. The Kier molecular flexibility index (Phi) is 5.43. The molecule has 7 heteroatoms. The number of para-hydroxylation sites is 2. The van der Waals surface area contributed by atoms with E-state index in [4.69, 9.17) is 4.74 Å². The summed E-state index contributed by atoms with van der Waals surface area (Å²) >= 11 is 0. The Morgan fingerprint density at radius 2 is 1.80 bits per heavy atom. The SMILES string of the molecule is COc1ccccc1CNc1nc(Nc2cccc(C(=O)O)c2)nc2ccccc12. The molecule has 0 saturated heterocycles. The Labute approximate surface area is 173 Å². The van der Waals surface area contributed by atoms with E-state index in [1.165, 1.54) is 6.07 Å². The molecule has 4 aromatic rings. The second-order valence-electron chi connectivity index (χ2n) is 6.59. The number of carboxylic acids is 1. The summed E-state index contributed by atoms with van der Waals surface area (Å²) in [6.45, 7) is 0.527. The maximum absolute atomic E-state index is 11.2. The molecule has 0 radical (unpaired) electrons. The van der Waals surface area contributed by atoms with Gasteiger partial charge in [-0.1, -0.05) is 36.4 Å².